The van der Waals surface area contributed by atoms with E-state index in [1.165, 1.54) is 0 Å². The molecule has 0 spiro atoms. The molecule has 0 aromatic rings. The summed E-state index contributed by atoms with van der Waals surface area (Å²) in [6, 6.07) is 0. The Bertz CT molecular complexity index is 46.5. The second-order valence-electron chi connectivity index (χ2n) is 0. The molecule has 0 aliphatic rings. The van der Waals surface area contributed by atoms with Gasteiger partial charge < -0.3 is 219 Å². The van der Waals surface area contributed by atoms with Gasteiger partial charge in [-0.15, -0.1) is 0 Å². The fourth-order valence-corrected chi connectivity index (χ4v) is 0. The van der Waals surface area contributed by atoms with Gasteiger partial charge in [0.05, 0.1) is 0 Å². The average molecular weight is 1520 g/mol. The van der Waals surface area contributed by atoms with Crippen LogP contribution in [0.15, 0.2) is 0 Å². The molecule has 0 fully saturated rings. The Kier molecular flexibility index (Phi) is 644000. The largest absolute Gasteiger partial charge is 2.00 e. The van der Waals surface area contributed by atoms with E-state index in [2.05, 4.69) is 0 Å². The van der Waals surface area contributed by atoms with Crippen LogP contribution < -0.4 is 0 Å². The van der Waals surface area contributed by atoms with Crippen LogP contribution in [0.3, 0.4) is 0 Å². The molecular weight excluding hydrogens is 1520 g/mol. The van der Waals surface area contributed by atoms with Gasteiger partial charge in [-0.25, -0.2) is 0 Å². The molecule has 0 heterocycles. The molecular formula is Co15O40-50. The van der Waals surface area contributed by atoms with E-state index in [9.17, 15) is 0 Å². The molecule has 0 unspecified atom stereocenters. The van der Waals surface area contributed by atoms with Crippen LogP contribution in [0.25, 0.3) is 0 Å². The molecule has 0 saturated carbocycles. The third-order valence-corrected chi connectivity index (χ3v) is 0. The molecule has 40 nitrogen and oxygen atoms in total. The summed E-state index contributed by atoms with van der Waals surface area (Å²) >= 11 is 0. The smallest absolute Gasteiger partial charge is 2.00 e. The quantitative estimate of drug-likeness (QED) is 0.221. The van der Waals surface area contributed by atoms with E-state index >= 15 is 0 Å². The van der Waals surface area contributed by atoms with Crippen molar-refractivity contribution in [1.82, 2.24) is 0 Å². The van der Waals surface area contributed by atoms with Crippen LogP contribution in [-0.4, -0.2) is 0 Å². The summed E-state index contributed by atoms with van der Waals surface area (Å²) in [6.45, 7) is 0. The second kappa shape index (κ2) is 5810. The maximum Gasteiger partial charge on any atom is 2.00 e. The molecule has 0 aliphatic heterocycles. The Morgan fingerprint density at radius 2 is 0.0364 bits per heavy atom. The van der Waals surface area contributed by atoms with Crippen molar-refractivity contribution in [3.63, 3.8) is 0 Å². The topological polar surface area (TPSA) is 1140 Å². The molecule has 0 aromatic heterocycles. The van der Waals surface area contributed by atoms with Crippen molar-refractivity contribution in [2.45, 2.75) is 0 Å². The van der Waals surface area contributed by atoms with Gasteiger partial charge >= 0.3 is 252 Å². The van der Waals surface area contributed by atoms with Gasteiger partial charge in [-0.05, 0) is 0 Å². The Labute approximate surface area is 465 Å². The normalized spacial score (nSPS) is 0. The minimum atomic E-state index is 0. The van der Waals surface area contributed by atoms with E-state index in [0.29, 0.717) is 0 Å². The fraction of sp³-hybridized carbons (Fsp3) is 0. The first-order valence-corrected chi connectivity index (χ1v) is 0. The van der Waals surface area contributed by atoms with E-state index in [4.69, 9.17) is 0 Å². The zero-order valence-corrected chi connectivity index (χ0v) is 36.9. The van der Waals surface area contributed by atoms with Gasteiger partial charge in [-0.3, -0.25) is 0 Å². The second-order valence-corrected chi connectivity index (χ2v) is 0. The van der Waals surface area contributed by atoms with E-state index in [-0.39, 0.29) is 471 Å². The molecule has 0 N–H and O–H groups in total. The Morgan fingerprint density at radius 1 is 0.0364 bits per heavy atom. The van der Waals surface area contributed by atoms with Crippen LogP contribution in [0.5, 0.6) is 0 Å². The molecule has 0 aromatic carbocycles. The fourth-order valence-electron chi connectivity index (χ4n) is 0. The maximum absolute atomic E-state index is 0. The SMILES string of the molecule is [Co+2].[Co+2].[Co+2].[Co+2].[Co+2].[Co+2].[Co+2].[Co+2].[Co+2].[Co+2].[Co+2].[Co+2].[Co+2].[Co+2].[Co+2].[O-2].[O-2].[O-2].[O-2].[O-2].[O-2].[O-2].[O-2].[O-2].[O-2].[O-2].[O-2].[O-2].[O-2].[O-2].[O-2].[O-2].[O-2].[O-2].[O-2].[O-2].[O-2].[O-2].[O-2].[O-2].[O-2].[O-2].[O-2].[O-2].[O-2].[O-2].[O-2].[O-2].[O-2].[O-2].[O-2].[O-2].[O-2].[O-2].[O-2]. The van der Waals surface area contributed by atoms with E-state index < -0.39 is 0 Å². The zero-order chi connectivity index (χ0) is 0. The van der Waals surface area contributed by atoms with Crippen LogP contribution in [0.2, 0.25) is 0 Å². The van der Waals surface area contributed by atoms with Crippen LogP contribution in [0.4, 0.5) is 0 Å². The average Bonchev–Trinajstić information content (AvgIpc) is 0. The number of hydrogen-bond acceptors (Lipinski definition) is 0. The first-order chi connectivity index (χ1) is 0. The summed E-state index contributed by atoms with van der Waals surface area (Å²) in [5, 5.41) is 0. The van der Waals surface area contributed by atoms with Crippen molar-refractivity contribution in [3.05, 3.63) is 0 Å². The van der Waals surface area contributed by atoms with Gasteiger partial charge in [0.25, 0.3) is 0 Å². The summed E-state index contributed by atoms with van der Waals surface area (Å²) in [6.07, 6.45) is 0. The number of rotatable bonds is 0. The molecule has 425 valence electrons. The Hall–Kier alpha value is 6.00. The molecule has 0 amide bonds. The maximum atomic E-state index is 0. The van der Waals surface area contributed by atoms with E-state index in [1.54, 1.807) is 0 Å². The van der Waals surface area contributed by atoms with Crippen molar-refractivity contribution >= 4 is 0 Å². The standard InChI is InChI=1S/15Co.40O/q15*+2;40*-2. The summed E-state index contributed by atoms with van der Waals surface area (Å²) in [7, 11) is 0. The van der Waals surface area contributed by atoms with Crippen molar-refractivity contribution in [2.24, 2.45) is 0 Å². The van der Waals surface area contributed by atoms with Crippen LogP contribution in [0, 0.1) is 0 Å². The third-order valence-electron chi connectivity index (χ3n) is 0. The zero-order valence-electron chi connectivity index (χ0n) is 21.3. The summed E-state index contributed by atoms with van der Waals surface area (Å²) in [4.78, 5) is 0. The van der Waals surface area contributed by atoms with Crippen LogP contribution >= 0.6 is 0 Å². The van der Waals surface area contributed by atoms with Gasteiger partial charge in [0.2, 0.25) is 0 Å². The van der Waals surface area contributed by atoms with Gasteiger partial charge in [0.15, 0.2) is 0 Å². The minimum Gasteiger partial charge on any atom is -2.00 e. The molecule has 0 saturated heterocycles. The van der Waals surface area contributed by atoms with Crippen LogP contribution in [0.1, 0.15) is 0 Å². The molecule has 15 radical (unpaired) electrons. The summed E-state index contributed by atoms with van der Waals surface area (Å²) < 4.78 is 0. The first kappa shape index (κ1) is 6100. The minimum absolute atomic E-state index is 0. The third kappa shape index (κ3) is 5610. The monoisotopic (exact) mass is 1520 g/mol. The van der Waals surface area contributed by atoms with Crippen molar-refractivity contribution in [2.75, 3.05) is 0 Å². The van der Waals surface area contributed by atoms with Crippen molar-refractivity contribution < 1.29 is 471 Å². The Morgan fingerprint density at radius 3 is 0.0364 bits per heavy atom. The van der Waals surface area contributed by atoms with Gasteiger partial charge in [0, 0.05) is 0 Å². The van der Waals surface area contributed by atoms with E-state index in [0.717, 1.165) is 0 Å². The van der Waals surface area contributed by atoms with E-state index in [1.807, 2.05) is 0 Å². The van der Waals surface area contributed by atoms with Gasteiger partial charge in [-0.2, -0.15) is 0 Å². The predicted molar refractivity (Wildman–Crippen MR) is 27.5 cm³/mol. The molecule has 0 bridgehead atoms. The van der Waals surface area contributed by atoms with Gasteiger partial charge in [-0.1, -0.05) is 0 Å². The molecule has 55 heteroatoms. The van der Waals surface area contributed by atoms with Gasteiger partial charge in [0.1, 0.15) is 0 Å². The van der Waals surface area contributed by atoms with Crippen molar-refractivity contribution in [3.8, 4) is 0 Å². The molecule has 55 heavy (non-hydrogen) atoms. The van der Waals surface area contributed by atoms with Crippen molar-refractivity contribution in [1.29, 1.82) is 0 Å². The molecule has 0 rings (SSSR count). The number of hydrogen-bond donors (Lipinski definition) is 0. The van der Waals surface area contributed by atoms with Crippen LogP contribution in [-0.2, 0) is 471 Å². The Balaban J connectivity index is 0. The summed E-state index contributed by atoms with van der Waals surface area (Å²) in [5.74, 6) is 0. The first-order valence-electron chi connectivity index (χ1n) is 0. The molecule has 0 aliphatic carbocycles. The summed E-state index contributed by atoms with van der Waals surface area (Å²) in [5.41, 5.74) is 0. The molecule has 0 atom stereocenters. The predicted octanol–water partition coefficient (Wildman–Crippen LogP) is -4.79.